The Labute approximate surface area is 223 Å². The van der Waals surface area contributed by atoms with E-state index in [1.807, 2.05) is 19.1 Å². The van der Waals surface area contributed by atoms with Crippen LogP contribution in [0.5, 0.6) is 5.75 Å². The average molecular weight is 526 g/mol. The number of phenolic OH excluding ortho intramolecular Hbond substituents is 1. The van der Waals surface area contributed by atoms with Gasteiger partial charge in [0.1, 0.15) is 22.9 Å². The van der Waals surface area contributed by atoms with Gasteiger partial charge in [-0.2, -0.15) is 0 Å². The van der Waals surface area contributed by atoms with Crippen LogP contribution in [0.15, 0.2) is 55.1 Å². The van der Waals surface area contributed by atoms with Crippen LogP contribution in [0.2, 0.25) is 0 Å². The predicted octanol–water partition coefficient (Wildman–Crippen LogP) is 6.03. The molecule has 4 aromatic heterocycles. The molecule has 0 amide bonds. The van der Waals surface area contributed by atoms with Gasteiger partial charge in [0.2, 0.25) is 0 Å². The molecule has 2 N–H and O–H groups in total. The van der Waals surface area contributed by atoms with Crippen LogP contribution in [0.4, 0.5) is 4.39 Å². The number of H-pyrrole nitrogens is 1. The standard InChI is InChI=1S/C30H28FN5O3/c1-2-39-30(38)25-17-3-5-18(6-4-17)26(25)36-15-24(16-7-9-20(37)10-8-16)23-14-34-28(35-29(23)36)22-13-33-27-21(22)11-19(31)12-32-27/h7-15,17-18,25-26,37H,2-6H2,1H3,(H,32,33)/t17?,18?,25-,26-/m1/s1. The van der Waals surface area contributed by atoms with Crippen LogP contribution in [0.1, 0.15) is 38.6 Å². The number of aromatic amines is 1. The fourth-order valence-electron chi connectivity index (χ4n) is 6.81. The molecule has 39 heavy (non-hydrogen) atoms. The van der Waals surface area contributed by atoms with Crippen LogP contribution in [-0.2, 0) is 9.53 Å². The molecule has 9 heteroatoms. The van der Waals surface area contributed by atoms with E-state index in [1.165, 1.54) is 12.3 Å². The summed E-state index contributed by atoms with van der Waals surface area (Å²) in [5.74, 6) is 0.426. The van der Waals surface area contributed by atoms with Crippen LogP contribution in [-0.4, -0.2) is 42.2 Å². The van der Waals surface area contributed by atoms with Crippen LogP contribution < -0.4 is 0 Å². The summed E-state index contributed by atoms with van der Waals surface area (Å²) in [7, 11) is 0. The summed E-state index contributed by atoms with van der Waals surface area (Å²) >= 11 is 0. The maximum Gasteiger partial charge on any atom is 0.311 e. The van der Waals surface area contributed by atoms with Crippen LogP contribution in [0.25, 0.3) is 44.6 Å². The highest BCUT2D eigenvalue weighted by Gasteiger charge is 2.49. The van der Waals surface area contributed by atoms with Gasteiger partial charge in [0, 0.05) is 40.5 Å². The first-order valence-electron chi connectivity index (χ1n) is 13.5. The molecule has 0 aliphatic heterocycles. The number of esters is 1. The first kappa shape index (κ1) is 23.8. The number of hydrogen-bond donors (Lipinski definition) is 2. The number of nitrogens with zero attached hydrogens (tertiary/aromatic N) is 4. The van der Waals surface area contributed by atoms with Crippen molar-refractivity contribution in [3.8, 4) is 28.3 Å². The average Bonchev–Trinajstić information content (AvgIpc) is 3.55. The number of carbonyl (C=O) groups excluding carboxylic acids is 1. The van der Waals surface area contributed by atoms with Gasteiger partial charge in [-0.1, -0.05) is 12.1 Å². The lowest BCUT2D eigenvalue weighted by Crippen LogP contribution is -2.45. The third-order valence-corrected chi connectivity index (χ3v) is 8.54. The Bertz CT molecular complexity index is 1700. The number of aromatic hydroxyl groups is 1. The van der Waals surface area contributed by atoms with Gasteiger partial charge < -0.3 is 19.4 Å². The zero-order valence-corrected chi connectivity index (χ0v) is 21.5. The van der Waals surface area contributed by atoms with Crippen LogP contribution >= 0.6 is 0 Å². The van der Waals surface area contributed by atoms with Crippen molar-refractivity contribution in [3.63, 3.8) is 0 Å². The molecule has 0 unspecified atom stereocenters. The molecule has 3 saturated carbocycles. The van der Waals surface area contributed by atoms with E-state index in [-0.39, 0.29) is 29.6 Å². The monoisotopic (exact) mass is 525 g/mol. The second kappa shape index (κ2) is 9.18. The summed E-state index contributed by atoms with van der Waals surface area (Å²) in [6, 6.07) is 8.39. The van der Waals surface area contributed by atoms with Crippen molar-refractivity contribution < 1.29 is 19.0 Å². The number of fused-ring (bicyclic) bond motifs is 5. The smallest absolute Gasteiger partial charge is 0.311 e. The van der Waals surface area contributed by atoms with Crippen molar-refractivity contribution in [2.75, 3.05) is 6.61 Å². The molecule has 2 bridgehead atoms. The topological polar surface area (TPSA) is 106 Å². The van der Waals surface area contributed by atoms with Gasteiger partial charge in [-0.3, -0.25) is 4.79 Å². The van der Waals surface area contributed by atoms with E-state index in [4.69, 9.17) is 9.72 Å². The minimum Gasteiger partial charge on any atom is -0.508 e. The SMILES string of the molecule is CCOC(=O)[C@@H]1C2CCC(CC2)[C@H]1n1cc(-c2ccc(O)cc2)c2cnc(-c3c[nH]c4ncc(F)cc34)nc21. The molecule has 3 aliphatic rings. The van der Waals surface area contributed by atoms with E-state index in [1.54, 1.807) is 24.5 Å². The number of phenols is 1. The van der Waals surface area contributed by atoms with Gasteiger partial charge in [0.25, 0.3) is 0 Å². The highest BCUT2D eigenvalue weighted by molar-refractivity contribution is 5.97. The number of halogens is 1. The lowest BCUT2D eigenvalue weighted by molar-refractivity contribution is -0.157. The Morgan fingerprint density at radius 1 is 1.08 bits per heavy atom. The quantitative estimate of drug-likeness (QED) is 0.272. The Morgan fingerprint density at radius 3 is 2.62 bits per heavy atom. The molecule has 0 radical (unpaired) electrons. The molecule has 198 valence electrons. The van der Waals surface area contributed by atoms with E-state index in [0.717, 1.165) is 42.2 Å². The first-order valence-corrected chi connectivity index (χ1v) is 13.5. The van der Waals surface area contributed by atoms with Gasteiger partial charge in [-0.25, -0.2) is 19.3 Å². The maximum absolute atomic E-state index is 14.1. The lowest BCUT2D eigenvalue weighted by atomic mass is 9.61. The van der Waals surface area contributed by atoms with Crippen molar-refractivity contribution in [1.29, 1.82) is 0 Å². The molecule has 0 spiro atoms. The molecule has 1 aromatic carbocycles. The number of benzene rings is 1. The van der Waals surface area contributed by atoms with E-state index in [2.05, 4.69) is 25.7 Å². The van der Waals surface area contributed by atoms with Crippen LogP contribution in [0.3, 0.4) is 0 Å². The summed E-state index contributed by atoms with van der Waals surface area (Å²) in [5.41, 5.74) is 3.77. The number of pyridine rings is 1. The maximum atomic E-state index is 14.1. The van der Waals surface area contributed by atoms with Crippen molar-refractivity contribution >= 4 is 28.0 Å². The fourth-order valence-corrected chi connectivity index (χ4v) is 6.81. The highest BCUT2D eigenvalue weighted by atomic mass is 19.1. The fraction of sp³-hybridized carbons (Fsp3) is 0.333. The Balaban J connectivity index is 1.44. The minimum atomic E-state index is -0.432. The number of nitrogens with one attached hydrogen (secondary N) is 1. The zero-order chi connectivity index (χ0) is 26.7. The highest BCUT2D eigenvalue weighted by Crippen LogP contribution is 2.53. The number of ether oxygens (including phenoxy) is 1. The van der Waals surface area contributed by atoms with Gasteiger partial charge >= 0.3 is 5.97 Å². The second-order valence-electron chi connectivity index (χ2n) is 10.6. The normalized spacial score (nSPS) is 22.5. The number of carbonyl (C=O) groups is 1. The van der Waals surface area contributed by atoms with Gasteiger partial charge in [0.05, 0.1) is 24.8 Å². The largest absolute Gasteiger partial charge is 0.508 e. The van der Waals surface area contributed by atoms with Crippen molar-refractivity contribution in [3.05, 3.63) is 60.9 Å². The van der Waals surface area contributed by atoms with E-state index >= 15 is 0 Å². The van der Waals surface area contributed by atoms with Gasteiger partial charge in [-0.15, -0.1) is 0 Å². The molecular weight excluding hydrogens is 497 g/mol. The Kier molecular flexibility index (Phi) is 5.61. The minimum absolute atomic E-state index is 0.0882. The van der Waals surface area contributed by atoms with Crippen molar-refractivity contribution in [1.82, 2.24) is 24.5 Å². The Hall–Kier alpha value is -4.27. The summed E-state index contributed by atoms with van der Waals surface area (Å²) < 4.78 is 21.8. The van der Waals surface area contributed by atoms with E-state index in [9.17, 15) is 14.3 Å². The Morgan fingerprint density at radius 2 is 1.85 bits per heavy atom. The van der Waals surface area contributed by atoms with Gasteiger partial charge in [-0.05, 0) is 68.2 Å². The number of rotatable bonds is 5. The van der Waals surface area contributed by atoms with Crippen LogP contribution in [0, 0.1) is 23.6 Å². The first-order chi connectivity index (χ1) is 19.0. The molecule has 5 aromatic rings. The molecular formula is C30H28FN5O3. The third kappa shape index (κ3) is 3.87. The van der Waals surface area contributed by atoms with Crippen molar-refractivity contribution in [2.45, 2.75) is 38.6 Å². The van der Waals surface area contributed by atoms with E-state index < -0.39 is 5.82 Å². The molecule has 8 nitrogen and oxygen atoms in total. The molecule has 4 heterocycles. The number of hydrogen-bond acceptors (Lipinski definition) is 6. The predicted molar refractivity (Wildman–Crippen MR) is 144 cm³/mol. The molecule has 0 saturated heterocycles. The molecule has 3 aliphatic carbocycles. The zero-order valence-electron chi connectivity index (χ0n) is 21.5. The number of aromatic nitrogens is 5. The molecule has 2 atom stereocenters. The lowest BCUT2D eigenvalue weighted by Gasteiger charge is -2.47. The molecule has 8 rings (SSSR count). The molecule has 3 fully saturated rings. The summed E-state index contributed by atoms with van der Waals surface area (Å²) in [5, 5.41) is 11.3. The summed E-state index contributed by atoms with van der Waals surface area (Å²) in [6.07, 6.45) is 11.0. The van der Waals surface area contributed by atoms with Gasteiger partial charge in [0.15, 0.2) is 5.82 Å². The summed E-state index contributed by atoms with van der Waals surface area (Å²) in [4.78, 5) is 30.3. The second-order valence-corrected chi connectivity index (χ2v) is 10.6. The summed E-state index contributed by atoms with van der Waals surface area (Å²) in [6.45, 7) is 2.20. The van der Waals surface area contributed by atoms with E-state index in [0.29, 0.717) is 40.6 Å². The van der Waals surface area contributed by atoms with Crippen molar-refractivity contribution in [2.24, 2.45) is 17.8 Å². The third-order valence-electron chi connectivity index (χ3n) is 8.54.